The Morgan fingerprint density at radius 3 is 2.57 bits per heavy atom. The Hall–Kier alpha value is -1.88. The van der Waals surface area contributed by atoms with Crippen LogP contribution in [0.3, 0.4) is 0 Å². The lowest BCUT2D eigenvalue weighted by Crippen LogP contribution is -2.33. The van der Waals surface area contributed by atoms with E-state index in [2.05, 4.69) is 10.6 Å². The SMILES string of the molecule is CC1CC1C(=O)NCCC(=O)NCC(O)c1ccccc1. The van der Waals surface area contributed by atoms with E-state index in [-0.39, 0.29) is 30.7 Å². The maximum absolute atomic E-state index is 11.6. The highest BCUT2D eigenvalue weighted by Gasteiger charge is 2.38. The zero-order valence-corrected chi connectivity index (χ0v) is 12.2. The monoisotopic (exact) mass is 290 g/mol. The van der Waals surface area contributed by atoms with Crippen molar-refractivity contribution in [2.75, 3.05) is 13.1 Å². The number of carbonyl (C=O) groups is 2. The molecule has 1 aromatic carbocycles. The third-order valence-electron chi connectivity index (χ3n) is 3.77. The largest absolute Gasteiger partial charge is 0.387 e. The molecule has 3 atom stereocenters. The predicted molar refractivity (Wildman–Crippen MR) is 79.3 cm³/mol. The summed E-state index contributed by atoms with van der Waals surface area (Å²) in [6.45, 7) is 2.56. The number of rotatable bonds is 7. The molecule has 5 nitrogen and oxygen atoms in total. The molecule has 0 radical (unpaired) electrons. The number of nitrogens with one attached hydrogen (secondary N) is 2. The molecule has 1 aliphatic carbocycles. The van der Waals surface area contributed by atoms with Gasteiger partial charge < -0.3 is 15.7 Å². The molecule has 114 valence electrons. The lowest BCUT2D eigenvalue weighted by Gasteiger charge is -2.12. The number of benzene rings is 1. The van der Waals surface area contributed by atoms with Gasteiger partial charge in [-0.05, 0) is 17.9 Å². The van der Waals surface area contributed by atoms with E-state index < -0.39 is 6.10 Å². The van der Waals surface area contributed by atoms with Gasteiger partial charge in [0.25, 0.3) is 0 Å². The van der Waals surface area contributed by atoms with Gasteiger partial charge in [0.1, 0.15) is 0 Å². The summed E-state index contributed by atoms with van der Waals surface area (Å²) in [7, 11) is 0. The van der Waals surface area contributed by atoms with Gasteiger partial charge in [0, 0.05) is 25.4 Å². The number of amides is 2. The molecule has 2 amide bonds. The zero-order valence-electron chi connectivity index (χ0n) is 12.2. The van der Waals surface area contributed by atoms with E-state index >= 15 is 0 Å². The molecule has 0 aromatic heterocycles. The van der Waals surface area contributed by atoms with Crippen molar-refractivity contribution >= 4 is 11.8 Å². The predicted octanol–water partition coefficient (Wildman–Crippen LogP) is 0.998. The van der Waals surface area contributed by atoms with Crippen molar-refractivity contribution in [1.82, 2.24) is 10.6 Å². The van der Waals surface area contributed by atoms with Gasteiger partial charge in [-0.1, -0.05) is 37.3 Å². The molecule has 0 spiro atoms. The van der Waals surface area contributed by atoms with Crippen molar-refractivity contribution < 1.29 is 14.7 Å². The van der Waals surface area contributed by atoms with Crippen molar-refractivity contribution in [3.05, 3.63) is 35.9 Å². The molecular weight excluding hydrogens is 268 g/mol. The van der Waals surface area contributed by atoms with Crippen LogP contribution in [-0.2, 0) is 9.59 Å². The summed E-state index contributed by atoms with van der Waals surface area (Å²) in [5.74, 6) is 0.474. The second-order valence-electron chi connectivity index (χ2n) is 5.59. The van der Waals surface area contributed by atoms with Gasteiger partial charge in [0.2, 0.25) is 11.8 Å². The molecule has 1 saturated carbocycles. The van der Waals surface area contributed by atoms with Crippen LogP contribution in [0.15, 0.2) is 30.3 Å². The Labute approximate surface area is 124 Å². The molecule has 3 unspecified atom stereocenters. The Morgan fingerprint density at radius 2 is 1.95 bits per heavy atom. The molecule has 5 heteroatoms. The zero-order chi connectivity index (χ0) is 15.2. The summed E-state index contributed by atoms with van der Waals surface area (Å²) in [6.07, 6.45) is 0.465. The minimum atomic E-state index is -0.711. The molecule has 2 rings (SSSR count). The summed E-state index contributed by atoms with van der Waals surface area (Å²) in [4.78, 5) is 23.2. The van der Waals surface area contributed by atoms with Crippen LogP contribution in [-0.4, -0.2) is 30.0 Å². The first-order valence-electron chi connectivity index (χ1n) is 7.35. The van der Waals surface area contributed by atoms with Crippen LogP contribution in [0.4, 0.5) is 0 Å². The fourth-order valence-corrected chi connectivity index (χ4v) is 2.21. The number of aliphatic hydroxyl groups is 1. The second kappa shape index (κ2) is 7.22. The van der Waals surface area contributed by atoms with Crippen molar-refractivity contribution in [2.45, 2.75) is 25.9 Å². The van der Waals surface area contributed by atoms with Crippen LogP contribution >= 0.6 is 0 Å². The van der Waals surface area contributed by atoms with Gasteiger partial charge in [-0.2, -0.15) is 0 Å². The highest BCUT2D eigenvalue weighted by molar-refractivity contribution is 5.82. The van der Waals surface area contributed by atoms with E-state index in [4.69, 9.17) is 0 Å². The van der Waals surface area contributed by atoms with Gasteiger partial charge >= 0.3 is 0 Å². The highest BCUT2D eigenvalue weighted by Crippen LogP contribution is 2.37. The summed E-state index contributed by atoms with van der Waals surface area (Å²) in [5.41, 5.74) is 0.772. The summed E-state index contributed by atoms with van der Waals surface area (Å²) < 4.78 is 0. The molecule has 0 saturated heterocycles. The molecule has 1 aliphatic rings. The topological polar surface area (TPSA) is 78.4 Å². The average molecular weight is 290 g/mol. The van der Waals surface area contributed by atoms with E-state index in [0.29, 0.717) is 12.5 Å². The Kier molecular flexibility index (Phi) is 5.33. The molecule has 21 heavy (non-hydrogen) atoms. The second-order valence-corrected chi connectivity index (χ2v) is 5.59. The number of carbonyl (C=O) groups excluding carboxylic acids is 2. The third kappa shape index (κ3) is 4.86. The van der Waals surface area contributed by atoms with Gasteiger partial charge in [-0.3, -0.25) is 9.59 Å². The fraction of sp³-hybridized carbons (Fsp3) is 0.500. The summed E-state index contributed by atoms with van der Waals surface area (Å²) in [6, 6.07) is 9.18. The Balaban J connectivity index is 1.60. The number of hydrogen-bond acceptors (Lipinski definition) is 3. The third-order valence-corrected chi connectivity index (χ3v) is 3.77. The van der Waals surface area contributed by atoms with Gasteiger partial charge in [-0.25, -0.2) is 0 Å². The first-order chi connectivity index (χ1) is 10.1. The van der Waals surface area contributed by atoms with E-state index in [9.17, 15) is 14.7 Å². The minimum Gasteiger partial charge on any atom is -0.387 e. The summed E-state index contributed by atoms with van der Waals surface area (Å²) in [5, 5.41) is 15.3. The van der Waals surface area contributed by atoms with Crippen LogP contribution in [0.5, 0.6) is 0 Å². The van der Waals surface area contributed by atoms with Gasteiger partial charge in [0.05, 0.1) is 6.10 Å². The smallest absolute Gasteiger partial charge is 0.223 e. The van der Waals surface area contributed by atoms with E-state index in [1.165, 1.54) is 0 Å². The van der Waals surface area contributed by atoms with E-state index in [1.807, 2.05) is 37.3 Å². The maximum atomic E-state index is 11.6. The van der Waals surface area contributed by atoms with Crippen LogP contribution in [0.2, 0.25) is 0 Å². The fourth-order valence-electron chi connectivity index (χ4n) is 2.21. The molecule has 1 fully saturated rings. The summed E-state index contributed by atoms with van der Waals surface area (Å²) >= 11 is 0. The first kappa shape index (κ1) is 15.5. The molecule has 0 heterocycles. The molecular formula is C16H22N2O3. The van der Waals surface area contributed by atoms with Crippen molar-refractivity contribution in [1.29, 1.82) is 0 Å². The van der Waals surface area contributed by atoms with Gasteiger partial charge in [0.15, 0.2) is 0 Å². The Morgan fingerprint density at radius 1 is 1.29 bits per heavy atom. The maximum Gasteiger partial charge on any atom is 0.223 e. The molecule has 0 bridgehead atoms. The van der Waals surface area contributed by atoms with Gasteiger partial charge in [-0.15, -0.1) is 0 Å². The molecule has 0 aliphatic heterocycles. The number of aliphatic hydroxyl groups excluding tert-OH is 1. The van der Waals surface area contributed by atoms with Crippen molar-refractivity contribution in [3.63, 3.8) is 0 Å². The van der Waals surface area contributed by atoms with Crippen LogP contribution in [0, 0.1) is 11.8 Å². The average Bonchev–Trinajstić information content (AvgIpc) is 3.22. The van der Waals surface area contributed by atoms with Crippen molar-refractivity contribution in [2.24, 2.45) is 11.8 Å². The normalized spacial score (nSPS) is 21.4. The minimum absolute atomic E-state index is 0.0413. The molecule has 1 aromatic rings. The van der Waals surface area contributed by atoms with Crippen LogP contribution in [0.25, 0.3) is 0 Å². The lowest BCUT2D eigenvalue weighted by molar-refractivity contribution is -0.123. The Bertz CT molecular complexity index is 490. The quantitative estimate of drug-likeness (QED) is 0.701. The molecule has 3 N–H and O–H groups in total. The van der Waals surface area contributed by atoms with Crippen LogP contribution in [0.1, 0.15) is 31.4 Å². The van der Waals surface area contributed by atoms with E-state index in [0.717, 1.165) is 12.0 Å². The van der Waals surface area contributed by atoms with E-state index in [1.54, 1.807) is 0 Å². The number of hydrogen-bond donors (Lipinski definition) is 3. The first-order valence-corrected chi connectivity index (χ1v) is 7.35. The van der Waals surface area contributed by atoms with Crippen LogP contribution < -0.4 is 10.6 Å². The standard InChI is InChI=1S/C16H22N2O3/c1-11-9-13(11)16(21)17-8-7-15(20)18-10-14(19)12-5-3-2-4-6-12/h2-6,11,13-14,19H,7-10H2,1H3,(H,17,21)(H,18,20). The van der Waals surface area contributed by atoms with Crippen molar-refractivity contribution in [3.8, 4) is 0 Å². The lowest BCUT2D eigenvalue weighted by atomic mass is 10.1. The highest BCUT2D eigenvalue weighted by atomic mass is 16.3.